The van der Waals surface area contributed by atoms with Crippen LogP contribution in [0.4, 0.5) is 13.2 Å². The van der Waals surface area contributed by atoms with E-state index in [1.165, 1.54) is 13.2 Å². The Labute approximate surface area is 138 Å². The van der Waals surface area contributed by atoms with Crippen LogP contribution in [-0.4, -0.2) is 57.3 Å². The third kappa shape index (κ3) is 3.72. The highest BCUT2D eigenvalue weighted by Gasteiger charge is 2.58. The minimum absolute atomic E-state index is 0.131. The molecule has 0 spiro atoms. The molecule has 24 heavy (non-hydrogen) atoms. The lowest BCUT2D eigenvalue weighted by atomic mass is 9.97. The maximum Gasteiger partial charge on any atom is 0.425 e. The van der Waals surface area contributed by atoms with Crippen LogP contribution in [0.2, 0.25) is 0 Å². The molecular weight excluding hydrogens is 325 g/mol. The molecule has 0 radical (unpaired) electrons. The molecule has 1 amide bonds. The summed E-state index contributed by atoms with van der Waals surface area (Å²) in [7, 11) is 1.34. The van der Waals surface area contributed by atoms with E-state index in [1.807, 2.05) is 6.92 Å². The number of amides is 1. The van der Waals surface area contributed by atoms with Crippen LogP contribution in [0.3, 0.4) is 0 Å². The van der Waals surface area contributed by atoms with Crippen LogP contribution in [0.1, 0.15) is 32.0 Å². The first-order valence-corrected chi connectivity index (χ1v) is 7.96. The van der Waals surface area contributed by atoms with Crippen molar-refractivity contribution in [3.05, 3.63) is 18.2 Å². The van der Waals surface area contributed by atoms with Gasteiger partial charge in [-0.1, -0.05) is 6.92 Å². The summed E-state index contributed by atoms with van der Waals surface area (Å²) in [5.74, 6) is -1.44. The van der Waals surface area contributed by atoms with Gasteiger partial charge in [-0.2, -0.15) is 13.2 Å². The number of aromatic nitrogens is 2. The van der Waals surface area contributed by atoms with Crippen molar-refractivity contribution in [2.24, 2.45) is 7.05 Å². The first-order valence-electron chi connectivity index (χ1n) is 7.96. The molecule has 136 valence electrons. The van der Waals surface area contributed by atoms with E-state index in [0.717, 1.165) is 36.7 Å². The molecule has 9 heteroatoms. The topological polar surface area (TPSA) is 70.4 Å². The van der Waals surface area contributed by atoms with E-state index < -0.39 is 29.9 Å². The maximum absolute atomic E-state index is 13.4. The molecule has 1 fully saturated rings. The minimum Gasteiger partial charge on any atom is -0.374 e. The molecule has 0 aliphatic carbocycles. The average molecular weight is 348 g/mol. The monoisotopic (exact) mass is 348 g/mol. The lowest BCUT2D eigenvalue weighted by Crippen LogP contribution is -2.49. The number of carbonyl (C=O) groups excluding carboxylic acids is 1. The molecule has 1 aliphatic rings. The predicted molar refractivity (Wildman–Crippen MR) is 81.1 cm³/mol. The van der Waals surface area contributed by atoms with Crippen LogP contribution < -0.4 is 5.32 Å². The number of rotatable bonds is 6. The summed E-state index contributed by atoms with van der Waals surface area (Å²) in [5, 5.41) is 12.7. The van der Waals surface area contributed by atoms with Gasteiger partial charge in [-0.05, 0) is 25.9 Å². The van der Waals surface area contributed by atoms with Crippen molar-refractivity contribution in [1.29, 1.82) is 0 Å². The minimum atomic E-state index is -5.01. The Kier molecular flexibility index (Phi) is 5.54. The van der Waals surface area contributed by atoms with Gasteiger partial charge in [0, 0.05) is 32.0 Å². The smallest absolute Gasteiger partial charge is 0.374 e. The molecule has 0 aromatic carbocycles. The van der Waals surface area contributed by atoms with Crippen LogP contribution >= 0.6 is 0 Å². The molecule has 2 heterocycles. The number of imidazole rings is 1. The number of nitrogens with one attached hydrogen (secondary N) is 1. The van der Waals surface area contributed by atoms with Crippen LogP contribution in [0.25, 0.3) is 0 Å². The van der Waals surface area contributed by atoms with Gasteiger partial charge in [-0.3, -0.25) is 9.69 Å². The third-order valence-electron chi connectivity index (χ3n) is 4.52. The zero-order valence-electron chi connectivity index (χ0n) is 13.8. The van der Waals surface area contributed by atoms with E-state index in [4.69, 9.17) is 0 Å². The van der Waals surface area contributed by atoms with Gasteiger partial charge in [-0.25, -0.2) is 4.98 Å². The average Bonchev–Trinajstić information content (AvgIpc) is 3.12. The fraction of sp³-hybridized carbons (Fsp3) is 0.733. The van der Waals surface area contributed by atoms with Gasteiger partial charge in [0.2, 0.25) is 11.5 Å². The lowest BCUT2D eigenvalue weighted by molar-refractivity contribution is -0.271. The summed E-state index contributed by atoms with van der Waals surface area (Å²) in [6, 6.07) is 0.131. The number of halogens is 3. The SMILES string of the molecule is CCN1CCCC1CNC(=O)CC(O)(c1nccn1C)C(F)(F)F. The Bertz CT molecular complexity index is 575. The lowest BCUT2D eigenvalue weighted by Gasteiger charge is -2.30. The summed E-state index contributed by atoms with van der Waals surface area (Å²) in [4.78, 5) is 17.8. The molecule has 2 N–H and O–H groups in total. The molecule has 1 aliphatic heterocycles. The molecule has 1 saturated heterocycles. The van der Waals surface area contributed by atoms with Crippen LogP contribution in [-0.2, 0) is 17.4 Å². The highest BCUT2D eigenvalue weighted by atomic mass is 19.4. The first kappa shape index (κ1) is 18.7. The Balaban J connectivity index is 2.05. The summed E-state index contributed by atoms with van der Waals surface area (Å²) in [6.07, 6.45) is -1.76. The van der Waals surface area contributed by atoms with Crippen molar-refractivity contribution in [2.75, 3.05) is 19.6 Å². The van der Waals surface area contributed by atoms with Crippen LogP contribution in [0.5, 0.6) is 0 Å². The van der Waals surface area contributed by atoms with E-state index in [2.05, 4.69) is 15.2 Å². The fourth-order valence-corrected chi connectivity index (χ4v) is 3.14. The normalized spacial score (nSPS) is 21.7. The van der Waals surface area contributed by atoms with Crippen molar-refractivity contribution in [3.63, 3.8) is 0 Å². The molecule has 1 aromatic rings. The molecule has 1 aromatic heterocycles. The fourth-order valence-electron chi connectivity index (χ4n) is 3.14. The molecular formula is C15H23F3N4O2. The largest absolute Gasteiger partial charge is 0.425 e. The zero-order chi connectivity index (χ0) is 18.0. The number of likely N-dealkylation sites (N-methyl/N-ethyl adjacent to an activating group) is 1. The van der Waals surface area contributed by atoms with Crippen molar-refractivity contribution in [2.45, 2.75) is 44.0 Å². The van der Waals surface area contributed by atoms with Gasteiger partial charge >= 0.3 is 6.18 Å². The van der Waals surface area contributed by atoms with Gasteiger partial charge in [-0.15, -0.1) is 0 Å². The number of aliphatic hydroxyl groups is 1. The molecule has 2 unspecified atom stereocenters. The second-order valence-corrected chi connectivity index (χ2v) is 6.13. The highest BCUT2D eigenvalue weighted by Crippen LogP contribution is 2.40. The zero-order valence-corrected chi connectivity index (χ0v) is 13.8. The number of carbonyl (C=O) groups is 1. The van der Waals surface area contributed by atoms with E-state index in [0.29, 0.717) is 0 Å². The van der Waals surface area contributed by atoms with Crippen LogP contribution in [0.15, 0.2) is 12.4 Å². The summed E-state index contributed by atoms with van der Waals surface area (Å²) in [5.41, 5.74) is -3.31. The molecule has 2 rings (SSSR count). The van der Waals surface area contributed by atoms with E-state index in [9.17, 15) is 23.1 Å². The van der Waals surface area contributed by atoms with Crippen molar-refractivity contribution >= 4 is 5.91 Å². The van der Waals surface area contributed by atoms with Gasteiger partial charge in [0.05, 0.1) is 6.42 Å². The van der Waals surface area contributed by atoms with Gasteiger partial charge in [0.15, 0.2) is 5.82 Å². The maximum atomic E-state index is 13.4. The molecule has 2 atom stereocenters. The van der Waals surface area contributed by atoms with Crippen molar-refractivity contribution < 1.29 is 23.1 Å². The number of aryl methyl sites for hydroxylation is 1. The predicted octanol–water partition coefficient (Wildman–Crippen LogP) is 1.16. The summed E-state index contributed by atoms with van der Waals surface area (Å²) in [6.45, 7) is 4.04. The number of alkyl halides is 3. The van der Waals surface area contributed by atoms with Gasteiger partial charge in [0.25, 0.3) is 0 Å². The molecule has 6 nitrogen and oxygen atoms in total. The van der Waals surface area contributed by atoms with E-state index in [-0.39, 0.29) is 12.6 Å². The summed E-state index contributed by atoms with van der Waals surface area (Å²) < 4.78 is 41.2. The number of hydrogen-bond acceptors (Lipinski definition) is 4. The standard InChI is InChI=1S/C15H23F3N4O2/c1-3-22-7-4-5-11(22)10-20-12(23)9-14(24,15(16,17)18)13-19-6-8-21(13)2/h6,8,11,24H,3-5,7,9-10H2,1-2H3,(H,20,23). The number of likely N-dealkylation sites (tertiary alicyclic amines) is 1. The van der Waals surface area contributed by atoms with Gasteiger partial charge in [0.1, 0.15) is 0 Å². The number of hydrogen-bond donors (Lipinski definition) is 2. The van der Waals surface area contributed by atoms with Crippen molar-refractivity contribution in [3.8, 4) is 0 Å². The second kappa shape index (κ2) is 7.10. The Morgan fingerprint density at radius 2 is 2.21 bits per heavy atom. The Morgan fingerprint density at radius 1 is 1.50 bits per heavy atom. The third-order valence-corrected chi connectivity index (χ3v) is 4.52. The quantitative estimate of drug-likeness (QED) is 0.809. The van der Waals surface area contributed by atoms with Crippen molar-refractivity contribution in [1.82, 2.24) is 19.8 Å². The summed E-state index contributed by atoms with van der Waals surface area (Å²) >= 11 is 0. The first-order chi connectivity index (χ1) is 11.2. The molecule has 0 saturated carbocycles. The van der Waals surface area contributed by atoms with Crippen LogP contribution in [0, 0.1) is 0 Å². The highest BCUT2D eigenvalue weighted by molar-refractivity contribution is 5.77. The number of nitrogens with zero attached hydrogens (tertiary/aromatic N) is 3. The van der Waals surface area contributed by atoms with E-state index >= 15 is 0 Å². The van der Waals surface area contributed by atoms with E-state index in [1.54, 1.807) is 0 Å². The Morgan fingerprint density at radius 3 is 2.75 bits per heavy atom. The molecule has 0 bridgehead atoms. The van der Waals surface area contributed by atoms with Gasteiger partial charge < -0.3 is 15.0 Å². The second-order valence-electron chi connectivity index (χ2n) is 6.13. The Hall–Kier alpha value is -1.61.